The minimum absolute atomic E-state index is 0.0418. The summed E-state index contributed by atoms with van der Waals surface area (Å²) in [7, 11) is 0. The highest BCUT2D eigenvalue weighted by Gasteiger charge is 2.03. The van der Waals surface area contributed by atoms with Crippen LogP contribution in [0.4, 0.5) is 0 Å². The van der Waals surface area contributed by atoms with Crippen LogP contribution in [0.3, 0.4) is 0 Å². The molecule has 0 spiro atoms. The molecule has 0 aliphatic heterocycles. The van der Waals surface area contributed by atoms with Gasteiger partial charge in [-0.15, -0.1) is 0 Å². The van der Waals surface area contributed by atoms with Gasteiger partial charge in [0.15, 0.2) is 0 Å². The van der Waals surface area contributed by atoms with Crippen LogP contribution in [-0.4, -0.2) is 36.5 Å². The molecule has 250 valence electrons. The lowest BCUT2D eigenvalue weighted by atomic mass is 10.0. The van der Waals surface area contributed by atoms with E-state index in [4.69, 9.17) is 10.5 Å². The van der Waals surface area contributed by atoms with Crippen molar-refractivity contribution in [3.05, 3.63) is 0 Å². The average molecular weight is 611 g/mol. The highest BCUT2D eigenvalue weighted by atomic mass is 32.2. The molecule has 0 aliphatic rings. The van der Waals surface area contributed by atoms with Crippen LogP contribution in [0.2, 0.25) is 0 Å². The number of aliphatic imine (C=N–C) groups is 1. The summed E-state index contributed by atoms with van der Waals surface area (Å²) in [5.74, 6) is 2.63. The SMILES string of the molecule is CCCCCCCCCCCCCCCCN=C(N)CCCSCCC(=O)OCCCCCCCCCCCCCC. The smallest absolute Gasteiger partial charge is 0.306 e. The number of nitrogens with zero attached hydrogens (tertiary/aromatic N) is 1. The van der Waals surface area contributed by atoms with Crippen molar-refractivity contribution in [3.8, 4) is 0 Å². The molecule has 0 aromatic rings. The number of unbranched alkanes of at least 4 members (excludes halogenated alkanes) is 24. The molecule has 0 aromatic carbocycles. The molecule has 0 rings (SSSR count). The van der Waals surface area contributed by atoms with Gasteiger partial charge in [-0.3, -0.25) is 9.79 Å². The fraction of sp³-hybridized carbons (Fsp3) is 0.946. The molecule has 2 N–H and O–H groups in total. The molecule has 0 fully saturated rings. The van der Waals surface area contributed by atoms with Crippen LogP contribution in [-0.2, 0) is 9.53 Å². The number of hydrogen-bond donors (Lipinski definition) is 1. The Labute approximate surface area is 268 Å². The van der Waals surface area contributed by atoms with Gasteiger partial charge in [0, 0.05) is 18.7 Å². The molecule has 0 saturated carbocycles. The zero-order valence-corrected chi connectivity index (χ0v) is 29.4. The van der Waals surface area contributed by atoms with Crippen molar-refractivity contribution >= 4 is 23.6 Å². The maximum atomic E-state index is 11.9. The monoisotopic (exact) mass is 611 g/mol. The third kappa shape index (κ3) is 35.5. The van der Waals surface area contributed by atoms with Crippen molar-refractivity contribution in [2.45, 2.75) is 200 Å². The second-order valence-electron chi connectivity index (χ2n) is 12.5. The van der Waals surface area contributed by atoms with Gasteiger partial charge in [0.05, 0.1) is 18.9 Å². The van der Waals surface area contributed by atoms with Crippen LogP contribution in [0.25, 0.3) is 0 Å². The second kappa shape index (κ2) is 36.5. The van der Waals surface area contributed by atoms with Crippen LogP contribution in [0.5, 0.6) is 0 Å². The Hall–Kier alpha value is -0.710. The molecular formula is C37H74N2O2S. The zero-order chi connectivity index (χ0) is 30.6. The Balaban J connectivity index is 3.31. The summed E-state index contributed by atoms with van der Waals surface area (Å²) in [5, 5.41) is 0. The molecule has 0 radical (unpaired) electrons. The highest BCUT2D eigenvalue weighted by molar-refractivity contribution is 7.99. The van der Waals surface area contributed by atoms with Gasteiger partial charge in [-0.2, -0.15) is 11.8 Å². The van der Waals surface area contributed by atoms with Crippen molar-refractivity contribution < 1.29 is 9.53 Å². The predicted octanol–water partition coefficient (Wildman–Crippen LogP) is 12.0. The fourth-order valence-electron chi connectivity index (χ4n) is 5.42. The summed E-state index contributed by atoms with van der Waals surface area (Å²) < 4.78 is 5.41. The number of ether oxygens (including phenoxy) is 1. The standard InChI is InChI=1S/C37H74N2O2S/c1-3-5-7-9-11-13-15-17-18-19-21-23-25-27-32-39-36(38)30-29-34-42-35-31-37(40)41-33-28-26-24-22-20-16-14-12-10-8-6-4-2/h3-35H2,1-2H3,(H2,38,39). The lowest BCUT2D eigenvalue weighted by Crippen LogP contribution is -2.12. The van der Waals surface area contributed by atoms with Crippen LogP contribution in [0.15, 0.2) is 4.99 Å². The molecule has 0 unspecified atom stereocenters. The molecule has 5 heteroatoms. The van der Waals surface area contributed by atoms with E-state index in [1.54, 1.807) is 0 Å². The second-order valence-corrected chi connectivity index (χ2v) is 13.8. The summed E-state index contributed by atoms with van der Waals surface area (Å²) in [6, 6.07) is 0. The lowest BCUT2D eigenvalue weighted by Gasteiger charge is -2.06. The van der Waals surface area contributed by atoms with Crippen LogP contribution >= 0.6 is 11.8 Å². The average Bonchev–Trinajstić information content (AvgIpc) is 2.99. The molecule has 0 aromatic heterocycles. The summed E-state index contributed by atoms with van der Waals surface area (Å²) in [6.45, 7) is 6.03. The van der Waals surface area contributed by atoms with E-state index in [-0.39, 0.29) is 5.97 Å². The van der Waals surface area contributed by atoms with E-state index in [1.165, 1.54) is 154 Å². The Kier molecular flexibility index (Phi) is 35.9. The first kappa shape index (κ1) is 41.3. The Morgan fingerprint density at radius 3 is 1.38 bits per heavy atom. The third-order valence-electron chi connectivity index (χ3n) is 8.26. The predicted molar refractivity (Wildman–Crippen MR) is 190 cm³/mol. The van der Waals surface area contributed by atoms with Gasteiger partial charge in [-0.05, 0) is 25.0 Å². The van der Waals surface area contributed by atoms with Crippen LogP contribution in [0, 0.1) is 0 Å². The quantitative estimate of drug-likeness (QED) is 0.0335. The number of hydrogen-bond acceptors (Lipinski definition) is 4. The van der Waals surface area contributed by atoms with Crippen molar-refractivity contribution in [1.29, 1.82) is 0 Å². The summed E-state index contributed by atoms with van der Waals surface area (Å²) in [4.78, 5) is 16.5. The third-order valence-corrected chi connectivity index (χ3v) is 9.33. The first-order valence-electron chi connectivity index (χ1n) is 18.7. The minimum Gasteiger partial charge on any atom is -0.466 e. The maximum Gasteiger partial charge on any atom is 0.306 e. The summed E-state index contributed by atoms with van der Waals surface area (Å²) in [5.41, 5.74) is 6.10. The molecule has 4 nitrogen and oxygen atoms in total. The van der Waals surface area contributed by atoms with Crippen LogP contribution < -0.4 is 5.73 Å². The van der Waals surface area contributed by atoms with Gasteiger partial charge < -0.3 is 10.5 Å². The number of amidine groups is 1. The normalized spacial score (nSPS) is 11.8. The fourth-order valence-corrected chi connectivity index (χ4v) is 6.29. The molecule has 0 heterocycles. The zero-order valence-electron chi connectivity index (χ0n) is 28.6. The van der Waals surface area contributed by atoms with E-state index in [1.807, 2.05) is 11.8 Å². The highest BCUT2D eigenvalue weighted by Crippen LogP contribution is 2.14. The number of carbonyl (C=O) groups is 1. The van der Waals surface area contributed by atoms with Gasteiger partial charge in [-0.25, -0.2) is 0 Å². The Morgan fingerprint density at radius 2 is 0.929 bits per heavy atom. The van der Waals surface area contributed by atoms with Crippen molar-refractivity contribution in [2.24, 2.45) is 10.7 Å². The van der Waals surface area contributed by atoms with E-state index < -0.39 is 0 Å². The van der Waals surface area contributed by atoms with Gasteiger partial charge in [0.2, 0.25) is 0 Å². The number of thioether (sulfide) groups is 1. The first-order valence-corrected chi connectivity index (χ1v) is 19.9. The van der Waals surface area contributed by atoms with Gasteiger partial charge in [0.25, 0.3) is 0 Å². The van der Waals surface area contributed by atoms with Crippen molar-refractivity contribution in [2.75, 3.05) is 24.7 Å². The van der Waals surface area contributed by atoms with Crippen molar-refractivity contribution in [1.82, 2.24) is 0 Å². The maximum absolute atomic E-state index is 11.9. The van der Waals surface area contributed by atoms with E-state index in [0.29, 0.717) is 13.0 Å². The molecule has 42 heavy (non-hydrogen) atoms. The largest absolute Gasteiger partial charge is 0.466 e. The number of esters is 1. The molecule has 0 amide bonds. The molecule has 0 bridgehead atoms. The van der Waals surface area contributed by atoms with E-state index in [9.17, 15) is 4.79 Å². The number of carbonyl (C=O) groups excluding carboxylic acids is 1. The van der Waals surface area contributed by atoms with Gasteiger partial charge >= 0.3 is 5.97 Å². The van der Waals surface area contributed by atoms with E-state index in [2.05, 4.69) is 18.8 Å². The van der Waals surface area contributed by atoms with Crippen LogP contribution in [0.1, 0.15) is 200 Å². The van der Waals surface area contributed by atoms with Gasteiger partial charge in [0.1, 0.15) is 0 Å². The number of rotatable bonds is 35. The topological polar surface area (TPSA) is 64.7 Å². The van der Waals surface area contributed by atoms with E-state index >= 15 is 0 Å². The molecule has 0 aliphatic carbocycles. The molecule has 0 saturated heterocycles. The van der Waals surface area contributed by atoms with E-state index in [0.717, 1.165) is 49.6 Å². The minimum atomic E-state index is -0.0418. The molecule has 0 atom stereocenters. The Morgan fingerprint density at radius 1 is 0.524 bits per heavy atom. The van der Waals surface area contributed by atoms with Gasteiger partial charge in [-0.1, -0.05) is 168 Å². The molecular weight excluding hydrogens is 536 g/mol. The Bertz CT molecular complexity index is 570. The van der Waals surface area contributed by atoms with Crippen molar-refractivity contribution in [3.63, 3.8) is 0 Å². The summed E-state index contributed by atoms with van der Waals surface area (Å²) in [6.07, 6.45) is 37.7. The number of nitrogens with two attached hydrogens (primary N) is 1. The lowest BCUT2D eigenvalue weighted by molar-refractivity contribution is -0.143. The first-order chi connectivity index (χ1) is 20.7. The summed E-state index contributed by atoms with van der Waals surface area (Å²) >= 11 is 1.82.